The van der Waals surface area contributed by atoms with Crippen molar-refractivity contribution >= 4 is 17.3 Å². The van der Waals surface area contributed by atoms with Crippen molar-refractivity contribution in [2.75, 3.05) is 84.1 Å². The van der Waals surface area contributed by atoms with Gasteiger partial charge in [-0.3, -0.25) is 0 Å². The Morgan fingerprint density at radius 1 is 0.560 bits per heavy atom. The molecular formula is C18H28ClNO5. The van der Waals surface area contributed by atoms with E-state index in [1.807, 2.05) is 24.3 Å². The highest BCUT2D eigenvalue weighted by molar-refractivity contribution is 6.30. The van der Waals surface area contributed by atoms with Crippen molar-refractivity contribution in [3.05, 3.63) is 29.3 Å². The van der Waals surface area contributed by atoms with E-state index in [4.69, 9.17) is 35.3 Å². The molecule has 0 unspecified atom stereocenters. The molecular weight excluding hydrogens is 346 g/mol. The van der Waals surface area contributed by atoms with E-state index in [1.54, 1.807) is 0 Å². The molecule has 0 saturated carbocycles. The highest BCUT2D eigenvalue weighted by Gasteiger charge is 2.07. The lowest BCUT2D eigenvalue weighted by Gasteiger charge is -2.25. The van der Waals surface area contributed by atoms with Gasteiger partial charge in [-0.05, 0) is 24.3 Å². The Kier molecular flexibility index (Phi) is 10.9. The first-order chi connectivity index (χ1) is 12.4. The van der Waals surface area contributed by atoms with Crippen molar-refractivity contribution < 1.29 is 23.7 Å². The molecule has 1 saturated heterocycles. The molecule has 0 N–H and O–H groups in total. The Hall–Kier alpha value is -0.890. The third-order valence-electron chi connectivity index (χ3n) is 3.69. The lowest BCUT2D eigenvalue weighted by molar-refractivity contribution is -0.0116. The largest absolute Gasteiger partial charge is 0.377 e. The molecule has 0 atom stereocenters. The van der Waals surface area contributed by atoms with Crippen LogP contribution in [0.2, 0.25) is 5.02 Å². The van der Waals surface area contributed by atoms with Crippen LogP contribution in [0.15, 0.2) is 24.3 Å². The van der Waals surface area contributed by atoms with E-state index in [2.05, 4.69) is 4.90 Å². The maximum Gasteiger partial charge on any atom is 0.0701 e. The Morgan fingerprint density at radius 2 is 0.920 bits per heavy atom. The number of rotatable bonds is 1. The van der Waals surface area contributed by atoms with Crippen LogP contribution in [-0.4, -0.2) is 79.2 Å². The number of hydrogen-bond donors (Lipinski definition) is 0. The fraction of sp³-hybridized carbons (Fsp3) is 0.667. The number of nitrogens with zero attached hydrogens (tertiary/aromatic N) is 1. The van der Waals surface area contributed by atoms with E-state index < -0.39 is 0 Å². The Morgan fingerprint density at radius 3 is 1.32 bits per heavy atom. The van der Waals surface area contributed by atoms with Crippen molar-refractivity contribution in [2.24, 2.45) is 0 Å². The van der Waals surface area contributed by atoms with Crippen LogP contribution in [0.3, 0.4) is 0 Å². The minimum atomic E-state index is 0.573. The van der Waals surface area contributed by atoms with E-state index in [1.165, 1.54) is 0 Å². The second-order valence-electron chi connectivity index (χ2n) is 5.53. The molecule has 1 aromatic carbocycles. The number of hydrogen-bond acceptors (Lipinski definition) is 6. The number of anilines is 1. The molecule has 0 amide bonds. The molecule has 7 heteroatoms. The molecule has 1 aromatic rings. The molecule has 142 valence electrons. The highest BCUT2D eigenvalue weighted by atomic mass is 35.5. The molecule has 25 heavy (non-hydrogen) atoms. The van der Waals surface area contributed by atoms with Gasteiger partial charge in [0.25, 0.3) is 0 Å². The molecule has 1 aliphatic heterocycles. The van der Waals surface area contributed by atoms with E-state index in [0.717, 1.165) is 23.8 Å². The number of halogens is 1. The van der Waals surface area contributed by atoms with Gasteiger partial charge in [0.2, 0.25) is 0 Å². The molecule has 1 fully saturated rings. The molecule has 0 radical (unpaired) electrons. The average Bonchev–Trinajstić information content (AvgIpc) is 2.62. The zero-order valence-corrected chi connectivity index (χ0v) is 15.4. The maximum absolute atomic E-state index is 5.98. The van der Waals surface area contributed by atoms with Gasteiger partial charge in [0, 0.05) is 23.8 Å². The molecule has 6 nitrogen and oxygen atoms in total. The molecule has 2 rings (SSSR count). The van der Waals surface area contributed by atoms with Crippen LogP contribution in [0.25, 0.3) is 0 Å². The topological polar surface area (TPSA) is 49.4 Å². The number of benzene rings is 1. The lowest BCUT2D eigenvalue weighted by Crippen LogP contribution is -2.31. The summed E-state index contributed by atoms with van der Waals surface area (Å²) in [7, 11) is 0. The van der Waals surface area contributed by atoms with Crippen molar-refractivity contribution in [3.8, 4) is 0 Å². The molecule has 0 bridgehead atoms. The van der Waals surface area contributed by atoms with Crippen LogP contribution < -0.4 is 4.90 Å². The summed E-state index contributed by atoms with van der Waals surface area (Å²) in [4.78, 5) is 2.23. The van der Waals surface area contributed by atoms with E-state index in [-0.39, 0.29) is 0 Å². The third kappa shape index (κ3) is 9.39. The van der Waals surface area contributed by atoms with E-state index in [0.29, 0.717) is 66.1 Å². The fourth-order valence-electron chi connectivity index (χ4n) is 2.35. The van der Waals surface area contributed by atoms with Crippen molar-refractivity contribution in [2.45, 2.75) is 0 Å². The first-order valence-corrected chi connectivity index (χ1v) is 9.13. The van der Waals surface area contributed by atoms with Crippen LogP contribution >= 0.6 is 11.6 Å². The fourth-order valence-corrected chi connectivity index (χ4v) is 2.48. The average molecular weight is 374 g/mol. The van der Waals surface area contributed by atoms with Crippen LogP contribution in [0.1, 0.15) is 0 Å². The standard InChI is InChI=1S/C18H28ClNO5/c19-17-1-3-18(4-2-17)20-5-7-21-9-11-23-13-15-25-16-14-24-12-10-22-8-6-20/h1-4H,5-16H2. The predicted octanol–water partition coefficient (Wildman–Crippen LogP) is 2.24. The van der Waals surface area contributed by atoms with Gasteiger partial charge in [0.1, 0.15) is 0 Å². The molecule has 1 heterocycles. The Labute approximate surface area is 154 Å². The first-order valence-electron chi connectivity index (χ1n) is 8.75. The van der Waals surface area contributed by atoms with Crippen molar-refractivity contribution in [3.63, 3.8) is 0 Å². The first kappa shape index (κ1) is 20.4. The summed E-state index contributed by atoms with van der Waals surface area (Å²) in [6.07, 6.45) is 0. The zero-order valence-electron chi connectivity index (χ0n) is 14.7. The van der Waals surface area contributed by atoms with Gasteiger partial charge in [-0.25, -0.2) is 0 Å². The van der Waals surface area contributed by atoms with Gasteiger partial charge in [-0.1, -0.05) is 11.6 Å². The predicted molar refractivity (Wildman–Crippen MR) is 97.8 cm³/mol. The van der Waals surface area contributed by atoms with Gasteiger partial charge >= 0.3 is 0 Å². The molecule has 0 aliphatic carbocycles. The van der Waals surface area contributed by atoms with Crippen LogP contribution in [0, 0.1) is 0 Å². The van der Waals surface area contributed by atoms with Gasteiger partial charge < -0.3 is 28.6 Å². The highest BCUT2D eigenvalue weighted by Crippen LogP contribution is 2.17. The second-order valence-corrected chi connectivity index (χ2v) is 5.96. The van der Waals surface area contributed by atoms with Gasteiger partial charge in [0.05, 0.1) is 66.1 Å². The number of ether oxygens (including phenoxy) is 5. The summed E-state index contributed by atoms with van der Waals surface area (Å²) in [6.45, 7) is 7.42. The third-order valence-corrected chi connectivity index (χ3v) is 3.94. The summed E-state index contributed by atoms with van der Waals surface area (Å²) < 4.78 is 27.7. The zero-order chi connectivity index (χ0) is 17.6. The molecule has 1 aliphatic rings. The summed E-state index contributed by atoms with van der Waals surface area (Å²) in [5.74, 6) is 0. The Balaban J connectivity index is 1.80. The van der Waals surface area contributed by atoms with E-state index >= 15 is 0 Å². The normalized spacial score (nSPS) is 20.6. The minimum Gasteiger partial charge on any atom is -0.377 e. The van der Waals surface area contributed by atoms with Gasteiger partial charge in [0.15, 0.2) is 0 Å². The maximum atomic E-state index is 5.98. The van der Waals surface area contributed by atoms with E-state index in [9.17, 15) is 0 Å². The minimum absolute atomic E-state index is 0.573. The monoisotopic (exact) mass is 373 g/mol. The van der Waals surface area contributed by atoms with Crippen LogP contribution in [0.4, 0.5) is 5.69 Å². The van der Waals surface area contributed by atoms with Crippen molar-refractivity contribution in [1.82, 2.24) is 0 Å². The smallest absolute Gasteiger partial charge is 0.0701 e. The SMILES string of the molecule is Clc1ccc(N2CCOCCOCCOCCOCCOCC2)cc1. The summed E-state index contributed by atoms with van der Waals surface area (Å²) in [5, 5.41) is 0.732. The van der Waals surface area contributed by atoms with Crippen LogP contribution in [0.5, 0.6) is 0 Å². The summed E-state index contributed by atoms with van der Waals surface area (Å²) in [6, 6.07) is 7.82. The molecule has 0 aromatic heterocycles. The lowest BCUT2D eigenvalue weighted by atomic mass is 10.3. The van der Waals surface area contributed by atoms with Gasteiger partial charge in [-0.2, -0.15) is 0 Å². The second kappa shape index (κ2) is 13.3. The summed E-state index contributed by atoms with van der Waals surface area (Å²) in [5.41, 5.74) is 1.11. The quantitative estimate of drug-likeness (QED) is 0.752. The van der Waals surface area contributed by atoms with Crippen molar-refractivity contribution in [1.29, 1.82) is 0 Å². The Bertz CT molecular complexity index is 428. The van der Waals surface area contributed by atoms with Crippen LogP contribution in [-0.2, 0) is 23.7 Å². The summed E-state index contributed by atoms with van der Waals surface area (Å²) >= 11 is 5.98. The molecule has 0 spiro atoms. The van der Waals surface area contributed by atoms with Gasteiger partial charge in [-0.15, -0.1) is 0 Å².